The first-order valence-electron chi connectivity index (χ1n) is 7.68. The molecule has 24 heavy (non-hydrogen) atoms. The van der Waals surface area contributed by atoms with Crippen LogP contribution in [0.25, 0.3) is 5.65 Å². The Bertz CT molecular complexity index is 885. The van der Waals surface area contributed by atoms with E-state index >= 15 is 0 Å². The van der Waals surface area contributed by atoms with Crippen molar-refractivity contribution in [3.8, 4) is 0 Å². The predicted octanol–water partition coefficient (Wildman–Crippen LogP) is 0.736. The van der Waals surface area contributed by atoms with Crippen LogP contribution in [0, 0.1) is 0 Å². The zero-order valence-corrected chi connectivity index (χ0v) is 13.0. The van der Waals surface area contributed by atoms with Crippen LogP contribution in [0.3, 0.4) is 0 Å². The number of hydrogen-bond acceptors (Lipinski definition) is 4. The van der Waals surface area contributed by atoms with Crippen molar-refractivity contribution in [2.45, 2.75) is 19.0 Å². The van der Waals surface area contributed by atoms with Crippen LogP contribution >= 0.6 is 0 Å². The van der Waals surface area contributed by atoms with E-state index in [2.05, 4.69) is 10.4 Å². The molecule has 0 spiro atoms. The van der Waals surface area contributed by atoms with Crippen LogP contribution < -0.4 is 11.0 Å². The minimum Gasteiger partial charge on any atom is -0.396 e. The zero-order valence-electron chi connectivity index (χ0n) is 13.0. The van der Waals surface area contributed by atoms with E-state index in [1.54, 1.807) is 24.4 Å². The van der Waals surface area contributed by atoms with E-state index in [0.717, 1.165) is 10.2 Å². The third-order valence-corrected chi connectivity index (χ3v) is 3.74. The molecule has 0 saturated carbocycles. The Kier molecular flexibility index (Phi) is 4.72. The number of nitrogens with one attached hydrogen (secondary N) is 1. The lowest BCUT2D eigenvalue weighted by atomic mass is 10.0. The number of amides is 1. The summed E-state index contributed by atoms with van der Waals surface area (Å²) in [4.78, 5) is 24.5. The zero-order chi connectivity index (χ0) is 16.9. The molecule has 1 unspecified atom stereocenters. The van der Waals surface area contributed by atoms with Gasteiger partial charge in [-0.15, -0.1) is 5.10 Å². The number of fused-ring (bicyclic) bond motifs is 1. The topological polar surface area (TPSA) is 88.6 Å². The van der Waals surface area contributed by atoms with Gasteiger partial charge in [-0.1, -0.05) is 36.4 Å². The molecule has 7 nitrogen and oxygen atoms in total. The predicted molar refractivity (Wildman–Crippen MR) is 88.5 cm³/mol. The number of hydrogen-bond donors (Lipinski definition) is 2. The second-order valence-electron chi connectivity index (χ2n) is 5.41. The van der Waals surface area contributed by atoms with Crippen molar-refractivity contribution in [2.75, 3.05) is 6.61 Å². The normalized spacial score (nSPS) is 12.2. The highest BCUT2D eigenvalue weighted by Gasteiger charge is 2.16. The number of aliphatic hydroxyl groups is 1. The van der Waals surface area contributed by atoms with Crippen molar-refractivity contribution in [3.63, 3.8) is 0 Å². The molecule has 1 amide bonds. The van der Waals surface area contributed by atoms with Crippen molar-refractivity contribution in [1.29, 1.82) is 0 Å². The maximum atomic E-state index is 12.3. The van der Waals surface area contributed by atoms with Crippen LogP contribution in [0.1, 0.15) is 18.0 Å². The molecule has 3 aromatic rings. The van der Waals surface area contributed by atoms with E-state index in [4.69, 9.17) is 0 Å². The van der Waals surface area contributed by atoms with E-state index in [1.165, 1.54) is 4.40 Å². The highest BCUT2D eigenvalue weighted by Crippen LogP contribution is 2.15. The summed E-state index contributed by atoms with van der Waals surface area (Å²) in [5, 5.41) is 16.2. The molecule has 7 heteroatoms. The second kappa shape index (κ2) is 7.10. The number of aromatic nitrogens is 3. The van der Waals surface area contributed by atoms with Crippen LogP contribution in [-0.2, 0) is 11.3 Å². The van der Waals surface area contributed by atoms with Crippen LogP contribution in [0.15, 0.2) is 59.5 Å². The van der Waals surface area contributed by atoms with Crippen molar-refractivity contribution < 1.29 is 9.90 Å². The fourth-order valence-electron chi connectivity index (χ4n) is 2.58. The molecule has 0 aliphatic heterocycles. The first-order valence-corrected chi connectivity index (χ1v) is 7.68. The molecule has 0 aliphatic rings. The Hall–Kier alpha value is -2.93. The van der Waals surface area contributed by atoms with Gasteiger partial charge in [0.05, 0.1) is 6.04 Å². The Balaban J connectivity index is 1.76. The fraction of sp³-hybridized carbons (Fsp3) is 0.235. The maximum absolute atomic E-state index is 12.3. The fourth-order valence-corrected chi connectivity index (χ4v) is 2.58. The molecule has 0 radical (unpaired) electrons. The van der Waals surface area contributed by atoms with Gasteiger partial charge in [0.25, 0.3) is 0 Å². The maximum Gasteiger partial charge on any atom is 0.350 e. The lowest BCUT2D eigenvalue weighted by molar-refractivity contribution is -0.122. The van der Waals surface area contributed by atoms with E-state index in [-0.39, 0.29) is 30.8 Å². The van der Waals surface area contributed by atoms with Gasteiger partial charge in [0.1, 0.15) is 6.54 Å². The summed E-state index contributed by atoms with van der Waals surface area (Å²) in [7, 11) is 0. The lowest BCUT2D eigenvalue weighted by Gasteiger charge is -2.18. The number of aliphatic hydroxyl groups excluding tert-OH is 1. The first-order chi connectivity index (χ1) is 11.7. The minimum absolute atomic E-state index is 0.0475. The summed E-state index contributed by atoms with van der Waals surface area (Å²) >= 11 is 0. The molecular weight excluding hydrogens is 308 g/mol. The molecule has 1 aromatic carbocycles. The van der Waals surface area contributed by atoms with Crippen molar-refractivity contribution >= 4 is 11.6 Å². The summed E-state index contributed by atoms with van der Waals surface area (Å²) in [6.07, 6.45) is 2.01. The summed E-state index contributed by atoms with van der Waals surface area (Å²) < 4.78 is 2.52. The average molecular weight is 326 g/mol. The third kappa shape index (κ3) is 3.36. The van der Waals surface area contributed by atoms with Gasteiger partial charge < -0.3 is 10.4 Å². The Morgan fingerprint density at radius 1 is 1.17 bits per heavy atom. The van der Waals surface area contributed by atoms with Crippen LogP contribution in [0.4, 0.5) is 0 Å². The van der Waals surface area contributed by atoms with E-state index in [1.807, 2.05) is 30.3 Å². The molecule has 2 N–H and O–H groups in total. The quantitative estimate of drug-likeness (QED) is 0.699. The van der Waals surface area contributed by atoms with E-state index in [9.17, 15) is 14.7 Å². The Morgan fingerprint density at radius 2 is 1.92 bits per heavy atom. The monoisotopic (exact) mass is 326 g/mol. The number of rotatable bonds is 6. The van der Waals surface area contributed by atoms with Crippen molar-refractivity contribution in [1.82, 2.24) is 19.5 Å². The van der Waals surface area contributed by atoms with Gasteiger partial charge in [-0.25, -0.2) is 9.48 Å². The van der Waals surface area contributed by atoms with Gasteiger partial charge in [-0.2, -0.15) is 0 Å². The minimum atomic E-state index is -0.362. The van der Waals surface area contributed by atoms with Gasteiger partial charge in [0, 0.05) is 12.8 Å². The highest BCUT2D eigenvalue weighted by molar-refractivity contribution is 5.76. The van der Waals surface area contributed by atoms with Gasteiger partial charge >= 0.3 is 5.69 Å². The summed E-state index contributed by atoms with van der Waals surface area (Å²) in [5.41, 5.74) is 1.03. The molecule has 2 aromatic heterocycles. The number of pyridine rings is 1. The Labute approximate surface area is 138 Å². The molecule has 0 fully saturated rings. The van der Waals surface area contributed by atoms with Crippen molar-refractivity contribution in [2.24, 2.45) is 0 Å². The second-order valence-corrected chi connectivity index (χ2v) is 5.41. The largest absolute Gasteiger partial charge is 0.396 e. The standard InChI is InChI=1S/C17H18N4O3/c22-11-9-14(13-6-2-1-3-7-13)18-16(23)12-21-17(24)20-10-5-4-8-15(20)19-21/h1-8,10,14,22H,9,11-12H2,(H,18,23). The average Bonchev–Trinajstić information content (AvgIpc) is 2.91. The molecule has 2 heterocycles. The molecule has 1 atom stereocenters. The highest BCUT2D eigenvalue weighted by atomic mass is 16.3. The molecule has 0 aliphatic carbocycles. The molecule has 0 saturated heterocycles. The molecule has 124 valence electrons. The first kappa shape index (κ1) is 15.9. The van der Waals surface area contributed by atoms with Crippen LogP contribution in [0.5, 0.6) is 0 Å². The molecular formula is C17H18N4O3. The number of carbonyl (C=O) groups excluding carboxylic acids is 1. The van der Waals surface area contributed by atoms with Crippen LogP contribution in [0.2, 0.25) is 0 Å². The van der Waals surface area contributed by atoms with Crippen molar-refractivity contribution in [3.05, 3.63) is 70.8 Å². The lowest BCUT2D eigenvalue weighted by Crippen LogP contribution is -2.35. The van der Waals surface area contributed by atoms with Crippen LogP contribution in [-0.4, -0.2) is 31.8 Å². The summed E-state index contributed by atoms with van der Waals surface area (Å²) in [6.45, 7) is -0.219. The smallest absolute Gasteiger partial charge is 0.350 e. The number of carbonyl (C=O) groups is 1. The summed E-state index contributed by atoms with van der Waals surface area (Å²) in [5.74, 6) is -0.331. The van der Waals surface area contributed by atoms with E-state index in [0.29, 0.717) is 12.1 Å². The van der Waals surface area contributed by atoms with Gasteiger partial charge in [0.2, 0.25) is 5.91 Å². The number of benzene rings is 1. The summed E-state index contributed by atoms with van der Waals surface area (Å²) in [6, 6.07) is 14.3. The number of nitrogens with zero attached hydrogens (tertiary/aromatic N) is 3. The third-order valence-electron chi connectivity index (χ3n) is 3.74. The van der Waals surface area contributed by atoms with E-state index < -0.39 is 0 Å². The molecule has 3 rings (SSSR count). The van der Waals surface area contributed by atoms with Gasteiger partial charge in [-0.05, 0) is 24.1 Å². The molecule has 0 bridgehead atoms. The van der Waals surface area contributed by atoms with Gasteiger partial charge in [-0.3, -0.25) is 9.20 Å². The SMILES string of the molecule is O=C(Cn1nc2ccccn2c1=O)NC(CCO)c1ccccc1. The van der Waals surface area contributed by atoms with Gasteiger partial charge in [0.15, 0.2) is 5.65 Å². The Morgan fingerprint density at radius 3 is 2.62 bits per heavy atom.